The van der Waals surface area contributed by atoms with Gasteiger partial charge in [0.05, 0.1) is 0 Å². The first-order valence-corrected chi connectivity index (χ1v) is 9.01. The summed E-state index contributed by atoms with van der Waals surface area (Å²) in [5.74, 6) is 1.31. The third kappa shape index (κ3) is 2.05. The molecule has 5 rings (SSSR count). The van der Waals surface area contributed by atoms with E-state index in [0.717, 1.165) is 0 Å². The van der Waals surface area contributed by atoms with Gasteiger partial charge in [0, 0.05) is 17.8 Å². The van der Waals surface area contributed by atoms with Crippen molar-refractivity contribution >= 4 is 5.78 Å². The summed E-state index contributed by atoms with van der Waals surface area (Å²) in [7, 11) is 0. The molecule has 0 unspecified atom stereocenters. The highest BCUT2D eigenvalue weighted by Gasteiger charge is 2.70. The van der Waals surface area contributed by atoms with Crippen molar-refractivity contribution in [3.63, 3.8) is 0 Å². The van der Waals surface area contributed by atoms with E-state index in [1.165, 1.54) is 16.7 Å². The largest absolute Gasteiger partial charge is 0.299 e. The standard InChI is InChI=1S/C24H20O/c25-20-16-24(18-12-6-2-7-13-18,19-14-8-3-9-15-19)23-21(22(20)23)17-10-4-1-5-11-17/h1-15,21-23H,16H2/t21-,22+,23-/m1/s1. The lowest BCUT2D eigenvalue weighted by atomic mass is 9.69. The predicted octanol–water partition coefficient (Wildman–Crippen LogP) is 4.98. The number of rotatable bonds is 3. The lowest BCUT2D eigenvalue weighted by Crippen LogP contribution is -2.30. The van der Waals surface area contributed by atoms with Gasteiger partial charge in [-0.3, -0.25) is 4.79 Å². The zero-order chi connectivity index (χ0) is 16.9. The number of carbonyl (C=O) groups excluding carboxylic acids is 1. The van der Waals surface area contributed by atoms with Crippen LogP contribution in [0, 0.1) is 11.8 Å². The van der Waals surface area contributed by atoms with E-state index in [1.807, 2.05) is 6.07 Å². The van der Waals surface area contributed by atoms with Gasteiger partial charge in [0.1, 0.15) is 5.78 Å². The summed E-state index contributed by atoms with van der Waals surface area (Å²) >= 11 is 0. The van der Waals surface area contributed by atoms with E-state index in [1.54, 1.807) is 0 Å². The van der Waals surface area contributed by atoms with Gasteiger partial charge < -0.3 is 0 Å². The Labute approximate surface area is 148 Å². The summed E-state index contributed by atoms with van der Waals surface area (Å²) in [6.45, 7) is 0. The zero-order valence-corrected chi connectivity index (χ0v) is 14.0. The molecule has 1 heteroatoms. The number of benzene rings is 3. The molecule has 2 aliphatic rings. The fraction of sp³-hybridized carbons (Fsp3) is 0.208. The normalized spacial score (nSPS) is 26.2. The molecule has 25 heavy (non-hydrogen) atoms. The van der Waals surface area contributed by atoms with Gasteiger partial charge in [0.25, 0.3) is 0 Å². The highest BCUT2D eigenvalue weighted by atomic mass is 16.1. The van der Waals surface area contributed by atoms with Gasteiger partial charge in [-0.25, -0.2) is 0 Å². The minimum atomic E-state index is -0.190. The van der Waals surface area contributed by atoms with Crippen molar-refractivity contribution in [1.29, 1.82) is 0 Å². The van der Waals surface area contributed by atoms with Crippen LogP contribution >= 0.6 is 0 Å². The molecule has 122 valence electrons. The average molecular weight is 324 g/mol. The molecule has 2 aliphatic carbocycles. The first kappa shape index (κ1) is 14.7. The van der Waals surface area contributed by atoms with Gasteiger partial charge in [-0.1, -0.05) is 91.0 Å². The maximum absolute atomic E-state index is 13.0. The molecule has 0 aromatic heterocycles. The highest BCUT2D eigenvalue weighted by molar-refractivity contribution is 5.92. The van der Waals surface area contributed by atoms with Crippen molar-refractivity contribution in [3.05, 3.63) is 108 Å². The number of ketones is 1. The third-order valence-electron chi connectivity index (χ3n) is 6.18. The summed E-state index contributed by atoms with van der Waals surface area (Å²) in [4.78, 5) is 13.0. The van der Waals surface area contributed by atoms with Crippen molar-refractivity contribution < 1.29 is 4.79 Å². The van der Waals surface area contributed by atoms with Crippen LogP contribution in [0.2, 0.25) is 0 Å². The van der Waals surface area contributed by atoms with E-state index >= 15 is 0 Å². The van der Waals surface area contributed by atoms with Gasteiger partial charge >= 0.3 is 0 Å². The molecule has 0 aliphatic heterocycles. The van der Waals surface area contributed by atoms with Crippen LogP contribution in [0.4, 0.5) is 0 Å². The molecular weight excluding hydrogens is 304 g/mol. The number of carbonyl (C=O) groups is 1. The Morgan fingerprint density at radius 1 is 0.640 bits per heavy atom. The predicted molar refractivity (Wildman–Crippen MR) is 99.5 cm³/mol. The number of fused-ring (bicyclic) bond motifs is 1. The Kier molecular flexibility index (Phi) is 3.18. The van der Waals surface area contributed by atoms with Crippen molar-refractivity contribution in [2.24, 2.45) is 11.8 Å². The molecular formula is C24H20O. The SMILES string of the molecule is O=C1CC(c2ccccc2)(c2ccccc2)[C@H]2[C@@H]1[C@H]2c1ccccc1. The van der Waals surface area contributed by atoms with Crippen LogP contribution in [-0.2, 0) is 10.2 Å². The number of hydrogen-bond acceptors (Lipinski definition) is 1. The monoisotopic (exact) mass is 324 g/mol. The molecule has 0 radical (unpaired) electrons. The quantitative estimate of drug-likeness (QED) is 0.664. The second-order valence-corrected chi connectivity index (χ2v) is 7.33. The lowest BCUT2D eigenvalue weighted by molar-refractivity contribution is -0.119. The zero-order valence-electron chi connectivity index (χ0n) is 14.0. The molecule has 0 saturated heterocycles. The van der Waals surface area contributed by atoms with Gasteiger partial charge in [-0.05, 0) is 28.5 Å². The Morgan fingerprint density at radius 2 is 1.12 bits per heavy atom. The van der Waals surface area contributed by atoms with Crippen molar-refractivity contribution in [2.45, 2.75) is 17.8 Å². The van der Waals surface area contributed by atoms with Gasteiger partial charge in [-0.2, -0.15) is 0 Å². The van der Waals surface area contributed by atoms with E-state index in [9.17, 15) is 4.79 Å². The summed E-state index contributed by atoms with van der Waals surface area (Å²) in [6, 6.07) is 31.8. The van der Waals surface area contributed by atoms with Crippen molar-refractivity contribution in [2.75, 3.05) is 0 Å². The van der Waals surface area contributed by atoms with Crippen LogP contribution < -0.4 is 0 Å². The van der Waals surface area contributed by atoms with E-state index in [-0.39, 0.29) is 11.3 Å². The summed E-state index contributed by atoms with van der Waals surface area (Å²) < 4.78 is 0. The first-order valence-electron chi connectivity index (χ1n) is 9.01. The molecule has 3 aromatic rings. The Bertz CT molecular complexity index is 859. The Morgan fingerprint density at radius 3 is 1.64 bits per heavy atom. The average Bonchev–Trinajstić information content (AvgIpc) is 3.37. The molecule has 2 fully saturated rings. The van der Waals surface area contributed by atoms with Crippen LogP contribution in [0.1, 0.15) is 29.0 Å². The molecule has 0 spiro atoms. The van der Waals surface area contributed by atoms with E-state index in [4.69, 9.17) is 0 Å². The van der Waals surface area contributed by atoms with Crippen molar-refractivity contribution in [1.82, 2.24) is 0 Å². The summed E-state index contributed by atoms with van der Waals surface area (Å²) in [5, 5.41) is 0. The number of Topliss-reactive ketones (excluding diaryl/α,β-unsaturated/α-hetero) is 1. The maximum Gasteiger partial charge on any atom is 0.138 e. The van der Waals surface area contributed by atoms with Crippen LogP contribution in [0.15, 0.2) is 91.0 Å². The molecule has 0 heterocycles. The summed E-state index contributed by atoms with van der Waals surface area (Å²) in [5.41, 5.74) is 3.67. The van der Waals surface area contributed by atoms with Crippen LogP contribution in [-0.4, -0.2) is 5.78 Å². The van der Waals surface area contributed by atoms with Crippen LogP contribution in [0.25, 0.3) is 0 Å². The number of hydrogen-bond donors (Lipinski definition) is 0. The fourth-order valence-electron chi connectivity index (χ4n) is 5.15. The smallest absolute Gasteiger partial charge is 0.138 e. The third-order valence-corrected chi connectivity index (χ3v) is 6.18. The van der Waals surface area contributed by atoms with Gasteiger partial charge in [0.2, 0.25) is 0 Å². The molecule has 3 atom stereocenters. The highest BCUT2D eigenvalue weighted by Crippen LogP contribution is 2.71. The minimum Gasteiger partial charge on any atom is -0.299 e. The molecule has 1 nitrogen and oxygen atoms in total. The summed E-state index contributed by atoms with van der Waals surface area (Å²) in [6.07, 6.45) is 0.625. The Balaban J connectivity index is 1.69. The van der Waals surface area contributed by atoms with Gasteiger partial charge in [0.15, 0.2) is 0 Å². The first-order chi connectivity index (χ1) is 12.3. The second-order valence-electron chi connectivity index (χ2n) is 7.33. The van der Waals surface area contributed by atoms with Crippen LogP contribution in [0.5, 0.6) is 0 Å². The van der Waals surface area contributed by atoms with Crippen molar-refractivity contribution in [3.8, 4) is 0 Å². The molecule has 0 N–H and O–H groups in total. The van der Waals surface area contributed by atoms with E-state index < -0.39 is 0 Å². The van der Waals surface area contributed by atoms with Gasteiger partial charge in [-0.15, -0.1) is 0 Å². The molecule has 3 aromatic carbocycles. The Hall–Kier alpha value is -2.67. The topological polar surface area (TPSA) is 17.1 Å². The molecule has 2 saturated carbocycles. The molecule has 0 bridgehead atoms. The van der Waals surface area contributed by atoms with Crippen LogP contribution in [0.3, 0.4) is 0 Å². The molecule has 0 amide bonds. The maximum atomic E-state index is 13.0. The minimum absolute atomic E-state index is 0.169. The second kappa shape index (κ2) is 5.42. The lowest BCUT2D eigenvalue weighted by Gasteiger charge is -2.33. The van der Waals surface area contributed by atoms with E-state index in [2.05, 4.69) is 84.9 Å². The van der Waals surface area contributed by atoms with E-state index in [0.29, 0.717) is 24.0 Å². The fourth-order valence-corrected chi connectivity index (χ4v) is 5.15.